The van der Waals surface area contributed by atoms with Crippen LogP contribution in [0.5, 0.6) is 0 Å². The molecule has 0 aliphatic heterocycles. The summed E-state index contributed by atoms with van der Waals surface area (Å²) in [5.74, 6) is -1.78. The van der Waals surface area contributed by atoms with E-state index in [9.17, 15) is 22.8 Å². The number of hydrogen-bond acceptors (Lipinski definition) is 4. The number of allylic oxidation sites excluding steroid dienone is 4. The van der Waals surface area contributed by atoms with E-state index in [4.69, 9.17) is 9.47 Å². The number of methoxy groups -OCH3 is 2. The molecule has 0 aromatic heterocycles. The Bertz CT molecular complexity index is 836. The highest BCUT2D eigenvalue weighted by Crippen LogP contribution is 2.62. The topological polar surface area (TPSA) is 52.6 Å². The summed E-state index contributed by atoms with van der Waals surface area (Å²) in [5.41, 5.74) is -3.35. The average molecular weight is 380 g/mol. The molecule has 2 aliphatic rings. The number of carbonyl (C=O) groups is 2. The summed E-state index contributed by atoms with van der Waals surface area (Å²) in [6.45, 7) is 1.57. The molecule has 0 saturated heterocycles. The number of hydrogen-bond donors (Lipinski definition) is 0. The molecule has 1 atom stereocenters. The Morgan fingerprint density at radius 3 is 2.04 bits per heavy atom. The molecule has 1 aromatic carbocycles. The van der Waals surface area contributed by atoms with Gasteiger partial charge in [-0.2, -0.15) is 13.2 Å². The van der Waals surface area contributed by atoms with E-state index in [-0.39, 0.29) is 17.6 Å². The minimum Gasteiger partial charge on any atom is -0.468 e. The first-order valence-corrected chi connectivity index (χ1v) is 8.35. The van der Waals surface area contributed by atoms with Crippen molar-refractivity contribution in [1.82, 2.24) is 0 Å². The molecular weight excluding hydrogens is 361 g/mol. The predicted molar refractivity (Wildman–Crippen MR) is 90.7 cm³/mol. The Morgan fingerprint density at radius 1 is 1.00 bits per heavy atom. The van der Waals surface area contributed by atoms with E-state index in [1.54, 1.807) is 13.0 Å². The summed E-state index contributed by atoms with van der Waals surface area (Å²) in [6, 6.07) is 7.52. The molecule has 4 nitrogen and oxygen atoms in total. The molecule has 0 fully saturated rings. The lowest BCUT2D eigenvalue weighted by Crippen LogP contribution is -2.45. The van der Waals surface area contributed by atoms with E-state index in [2.05, 4.69) is 0 Å². The number of carbonyl (C=O) groups excluding carboxylic acids is 2. The van der Waals surface area contributed by atoms with Crippen LogP contribution in [0.25, 0.3) is 0 Å². The highest BCUT2D eigenvalue weighted by Gasteiger charge is 2.66. The van der Waals surface area contributed by atoms with E-state index in [0.29, 0.717) is 11.1 Å². The molecule has 3 rings (SSSR count). The van der Waals surface area contributed by atoms with Crippen LogP contribution in [0.4, 0.5) is 13.2 Å². The fourth-order valence-electron chi connectivity index (χ4n) is 4.27. The second-order valence-corrected chi connectivity index (χ2v) is 6.88. The fourth-order valence-corrected chi connectivity index (χ4v) is 4.27. The smallest absolute Gasteiger partial charge is 0.405 e. The molecule has 0 spiro atoms. The lowest BCUT2D eigenvalue weighted by Gasteiger charge is -2.35. The number of benzene rings is 1. The van der Waals surface area contributed by atoms with Crippen molar-refractivity contribution in [3.8, 4) is 0 Å². The van der Waals surface area contributed by atoms with Crippen LogP contribution in [0, 0.1) is 5.41 Å². The van der Waals surface area contributed by atoms with Gasteiger partial charge in [0.05, 0.1) is 14.2 Å². The van der Waals surface area contributed by atoms with Gasteiger partial charge in [-0.05, 0) is 36.5 Å². The first kappa shape index (κ1) is 19.2. The van der Waals surface area contributed by atoms with Gasteiger partial charge in [0.25, 0.3) is 0 Å². The predicted octanol–water partition coefficient (Wildman–Crippen LogP) is 3.87. The Labute approximate surface area is 154 Å². The highest BCUT2D eigenvalue weighted by molar-refractivity contribution is 6.02. The van der Waals surface area contributed by atoms with Gasteiger partial charge in [-0.3, -0.25) is 9.59 Å². The maximum absolute atomic E-state index is 14.4. The van der Waals surface area contributed by atoms with Crippen LogP contribution in [0.3, 0.4) is 0 Å². The van der Waals surface area contributed by atoms with E-state index in [0.717, 1.165) is 14.2 Å². The van der Waals surface area contributed by atoms with Gasteiger partial charge < -0.3 is 9.47 Å². The second kappa shape index (κ2) is 6.25. The Morgan fingerprint density at radius 2 is 1.56 bits per heavy atom. The van der Waals surface area contributed by atoms with E-state index in [1.165, 1.54) is 30.3 Å². The number of ether oxygens (including phenoxy) is 2. The third kappa shape index (κ3) is 2.51. The molecule has 0 saturated carbocycles. The van der Waals surface area contributed by atoms with Crippen molar-refractivity contribution in [2.75, 3.05) is 14.2 Å². The molecule has 0 heterocycles. The van der Waals surface area contributed by atoms with Crippen molar-refractivity contribution in [2.45, 2.75) is 31.4 Å². The van der Waals surface area contributed by atoms with Gasteiger partial charge in [0.15, 0.2) is 5.41 Å². The maximum atomic E-state index is 14.4. The molecule has 1 unspecified atom stereocenters. The zero-order valence-electron chi connectivity index (χ0n) is 15.1. The lowest BCUT2D eigenvalue weighted by atomic mass is 9.71. The Kier molecular flexibility index (Phi) is 4.44. The largest absolute Gasteiger partial charge is 0.468 e. The zero-order chi connectivity index (χ0) is 20.0. The summed E-state index contributed by atoms with van der Waals surface area (Å²) in [4.78, 5) is 24.8. The van der Waals surface area contributed by atoms with Gasteiger partial charge in [0.2, 0.25) is 0 Å². The molecular formula is C20H19F3O4. The molecule has 0 radical (unpaired) electrons. The maximum Gasteiger partial charge on any atom is 0.405 e. The minimum atomic E-state index is -4.64. The first-order chi connectivity index (χ1) is 12.6. The number of alkyl halides is 3. The quantitative estimate of drug-likeness (QED) is 0.590. The first-order valence-electron chi connectivity index (χ1n) is 8.35. The molecule has 1 aromatic rings. The molecule has 144 valence electrons. The summed E-state index contributed by atoms with van der Waals surface area (Å²) < 4.78 is 52.8. The van der Waals surface area contributed by atoms with E-state index >= 15 is 0 Å². The van der Waals surface area contributed by atoms with E-state index < -0.39 is 35.4 Å². The van der Waals surface area contributed by atoms with Gasteiger partial charge in [0.1, 0.15) is 5.41 Å². The molecule has 7 heteroatoms. The fraction of sp³-hybridized carbons (Fsp3) is 0.400. The summed E-state index contributed by atoms with van der Waals surface area (Å²) >= 11 is 0. The summed E-state index contributed by atoms with van der Waals surface area (Å²) in [6.07, 6.45) is -4.03. The van der Waals surface area contributed by atoms with Crippen LogP contribution in [-0.4, -0.2) is 32.3 Å². The van der Waals surface area contributed by atoms with Gasteiger partial charge in [0, 0.05) is 0 Å². The van der Waals surface area contributed by atoms with Crippen molar-refractivity contribution in [3.63, 3.8) is 0 Å². The molecule has 0 amide bonds. The Hall–Kier alpha value is -2.57. The van der Waals surface area contributed by atoms with Crippen LogP contribution in [-0.2, 0) is 24.5 Å². The highest BCUT2D eigenvalue weighted by atomic mass is 19.4. The van der Waals surface area contributed by atoms with Crippen LogP contribution in [0.15, 0.2) is 53.1 Å². The van der Waals surface area contributed by atoms with Gasteiger partial charge in [-0.25, -0.2) is 0 Å². The second-order valence-electron chi connectivity index (χ2n) is 6.88. The van der Waals surface area contributed by atoms with E-state index in [1.807, 2.05) is 0 Å². The molecule has 27 heavy (non-hydrogen) atoms. The van der Waals surface area contributed by atoms with Crippen molar-refractivity contribution < 1.29 is 32.2 Å². The van der Waals surface area contributed by atoms with Gasteiger partial charge in [-0.1, -0.05) is 42.0 Å². The monoisotopic (exact) mass is 380 g/mol. The van der Waals surface area contributed by atoms with Gasteiger partial charge >= 0.3 is 18.1 Å². The van der Waals surface area contributed by atoms with Crippen molar-refractivity contribution >= 4 is 11.9 Å². The van der Waals surface area contributed by atoms with Crippen molar-refractivity contribution in [2.24, 2.45) is 5.41 Å². The normalized spacial score (nSPS) is 23.7. The number of halogens is 3. The lowest BCUT2D eigenvalue weighted by molar-refractivity contribution is -0.173. The van der Waals surface area contributed by atoms with Crippen LogP contribution < -0.4 is 0 Å². The van der Waals surface area contributed by atoms with Gasteiger partial charge in [-0.15, -0.1) is 0 Å². The molecule has 2 aliphatic carbocycles. The SMILES string of the molecule is COC(=O)C1(C(=O)OC)CC2=C(C1)C(c1ccccc1)(C(F)(F)F)C=C2C. The number of rotatable bonds is 3. The zero-order valence-corrected chi connectivity index (χ0v) is 15.1. The summed E-state index contributed by atoms with van der Waals surface area (Å²) in [5, 5.41) is 0. The minimum absolute atomic E-state index is 0.00880. The molecule has 0 N–H and O–H groups in total. The van der Waals surface area contributed by atoms with Crippen LogP contribution in [0.1, 0.15) is 25.3 Å². The third-order valence-corrected chi connectivity index (χ3v) is 5.53. The summed E-state index contributed by atoms with van der Waals surface area (Å²) in [7, 11) is 2.21. The van der Waals surface area contributed by atoms with Crippen LogP contribution in [0.2, 0.25) is 0 Å². The number of esters is 2. The third-order valence-electron chi connectivity index (χ3n) is 5.53. The molecule has 0 bridgehead atoms. The van der Waals surface area contributed by atoms with Crippen molar-refractivity contribution in [3.05, 3.63) is 58.7 Å². The van der Waals surface area contributed by atoms with Crippen molar-refractivity contribution in [1.29, 1.82) is 0 Å². The Balaban J connectivity index is 2.22. The standard InChI is InChI=1S/C20H19F3O4/c1-12-9-19(20(21,22)23,13-7-5-4-6-8-13)15-11-18(10-14(12)15,16(24)26-2)17(25)27-3/h4-9H,10-11H2,1-3H3. The average Bonchev–Trinajstić information content (AvgIpc) is 3.17. The van der Waals surface area contributed by atoms with Crippen LogP contribution >= 0.6 is 0 Å².